The van der Waals surface area contributed by atoms with E-state index in [1.807, 2.05) is 113 Å². The van der Waals surface area contributed by atoms with Crippen LogP contribution >= 0.6 is 47.3 Å². The number of nitrogens with one attached hydrogen (secondary N) is 6. The summed E-state index contributed by atoms with van der Waals surface area (Å²) >= 11 is 14.7. The van der Waals surface area contributed by atoms with Crippen molar-refractivity contribution in [2.24, 2.45) is 0 Å². The summed E-state index contributed by atoms with van der Waals surface area (Å²) in [5.41, 5.74) is 10.7. The van der Waals surface area contributed by atoms with E-state index in [2.05, 4.69) is 53.7 Å². The third-order valence-electron chi connectivity index (χ3n) is 11.7. The predicted molar refractivity (Wildman–Crippen MR) is 305 cm³/mol. The molecule has 79 heavy (non-hydrogen) atoms. The van der Waals surface area contributed by atoms with Crippen LogP contribution in [0.25, 0.3) is 34.1 Å². The largest absolute Gasteiger partial charge is 0.480 e. The van der Waals surface area contributed by atoms with Gasteiger partial charge in [0.15, 0.2) is 34.8 Å². The molecule has 0 aliphatic rings. The monoisotopic (exact) mass is 1130 g/mol. The van der Waals surface area contributed by atoms with Gasteiger partial charge in [0, 0.05) is 34.4 Å². The first kappa shape index (κ1) is 54.9. The number of aryl methyl sites for hydroxylation is 3. The Balaban J connectivity index is 0.000000193. The van der Waals surface area contributed by atoms with Crippen LogP contribution in [-0.4, -0.2) is 47.2 Å². The number of ether oxygens (including phenoxy) is 1. The number of anilines is 4. The molecule has 0 fully saturated rings. The van der Waals surface area contributed by atoms with E-state index in [4.69, 9.17) is 46.5 Å². The number of urea groups is 1. The van der Waals surface area contributed by atoms with Crippen LogP contribution in [-0.2, 0) is 18.5 Å². The van der Waals surface area contributed by atoms with Crippen molar-refractivity contribution in [3.05, 3.63) is 190 Å². The lowest BCUT2D eigenvalue weighted by Crippen LogP contribution is -2.32. The van der Waals surface area contributed by atoms with E-state index < -0.39 is 6.10 Å². The summed E-state index contributed by atoms with van der Waals surface area (Å²) < 4.78 is 19.5. The summed E-state index contributed by atoms with van der Waals surface area (Å²) in [6, 6.07) is 47.7. The minimum absolute atomic E-state index is 0.201. The van der Waals surface area contributed by atoms with Crippen LogP contribution in [0.2, 0.25) is 10.2 Å². The maximum absolute atomic E-state index is 13.1. The first-order valence-electron chi connectivity index (χ1n) is 24.1. The van der Waals surface area contributed by atoms with E-state index >= 15 is 0 Å². The van der Waals surface area contributed by atoms with Crippen molar-refractivity contribution in [3.63, 3.8) is 0 Å². The number of para-hydroxylation sites is 3. The highest BCUT2D eigenvalue weighted by atomic mass is 35.5. The normalized spacial score (nSPS) is 11.2. The summed E-state index contributed by atoms with van der Waals surface area (Å²) in [4.78, 5) is 45.9. The number of aromatic nitrogens is 6. The van der Waals surface area contributed by atoms with Crippen LogP contribution < -0.4 is 31.1 Å². The van der Waals surface area contributed by atoms with Crippen molar-refractivity contribution < 1.29 is 32.9 Å². The van der Waals surface area contributed by atoms with Gasteiger partial charge in [-0.2, -0.15) is 10.5 Å². The molecular weight excluding hydrogens is 1090 g/mol. The van der Waals surface area contributed by atoms with Crippen LogP contribution in [0.4, 0.5) is 27.5 Å². The van der Waals surface area contributed by atoms with Crippen LogP contribution in [0.3, 0.4) is 0 Å². The zero-order chi connectivity index (χ0) is 55.4. The van der Waals surface area contributed by atoms with E-state index in [0.29, 0.717) is 95.1 Å². The summed E-state index contributed by atoms with van der Waals surface area (Å²) in [6.45, 7) is 7.78. The van der Waals surface area contributed by atoms with Crippen molar-refractivity contribution in [2.75, 3.05) is 21.4 Å². The highest BCUT2D eigenvalue weighted by Crippen LogP contribution is 2.37. The number of H-pyrrole nitrogens is 2. The van der Waals surface area contributed by atoms with Crippen LogP contribution in [0.15, 0.2) is 162 Å². The molecule has 0 aliphatic heterocycles. The van der Waals surface area contributed by atoms with Crippen LogP contribution in [0.1, 0.15) is 41.2 Å². The predicted octanol–water partition coefficient (Wildman–Crippen LogP) is 14.1. The number of aromatic amines is 2. The standard InChI is InChI=1S/C30H27ClN6O4S.C26H19ClN6O3S/c1-4-24(39-25-14-13-18(2)15-19(25)3)30(38)33-22-12-8-9-20(16-22)28-34-29-23(17-32)26(27(31)37(29)35-28)42-41-40-36-21-10-6-5-7-11-21;1-16-7-5-6-10-22(16)30-26(34)29-17-11-12-21(27)19(13-17)24-31-25-20(14-28)23(15-33(25)32-24)37-36-35-18-8-3-2-4-9-18/h5-16,24,36H,4H2,1-3H3,(H,33,38)(H,34,35);2-13,15H,1H3,(H,31,32)(H2,29,30,34). The number of carbonyl (C=O) groups excluding carboxylic acids is 2. The number of halogens is 2. The van der Waals surface area contributed by atoms with Crippen molar-refractivity contribution in [3.8, 4) is 46.4 Å². The Morgan fingerprint density at radius 1 is 0.709 bits per heavy atom. The van der Waals surface area contributed by atoms with E-state index in [0.717, 1.165) is 40.8 Å². The Morgan fingerprint density at radius 2 is 1.43 bits per heavy atom. The van der Waals surface area contributed by atoms with Gasteiger partial charge >= 0.3 is 6.03 Å². The molecule has 6 N–H and O–H groups in total. The lowest BCUT2D eigenvalue weighted by molar-refractivity contribution is -0.161. The van der Waals surface area contributed by atoms with Crippen LogP contribution in [0, 0.1) is 43.4 Å². The van der Waals surface area contributed by atoms with E-state index in [1.54, 1.807) is 71.4 Å². The smallest absolute Gasteiger partial charge is 0.323 e. The Bertz CT molecular complexity index is 3890. The first-order valence-corrected chi connectivity index (χ1v) is 26.3. The summed E-state index contributed by atoms with van der Waals surface area (Å²) in [5, 5.41) is 35.0. The lowest BCUT2D eigenvalue weighted by atomic mass is 10.1. The Kier molecular flexibility index (Phi) is 17.7. The molecule has 398 valence electrons. The van der Waals surface area contributed by atoms with Gasteiger partial charge in [-0.25, -0.2) is 29.3 Å². The molecule has 0 bridgehead atoms. The molecule has 1 atom stereocenters. The van der Waals surface area contributed by atoms with Crippen molar-refractivity contribution in [2.45, 2.75) is 50.0 Å². The second kappa shape index (κ2) is 25.5. The van der Waals surface area contributed by atoms with Crippen molar-refractivity contribution in [1.29, 1.82) is 10.5 Å². The molecule has 23 heteroatoms. The van der Waals surface area contributed by atoms with Gasteiger partial charge in [-0.3, -0.25) is 15.0 Å². The fourth-order valence-corrected chi connectivity index (χ4v) is 9.40. The lowest BCUT2D eigenvalue weighted by Gasteiger charge is -2.19. The van der Waals surface area contributed by atoms with E-state index in [1.165, 1.54) is 4.52 Å². The molecule has 0 radical (unpaired) electrons. The Labute approximate surface area is 470 Å². The minimum Gasteiger partial charge on any atom is -0.480 e. The van der Waals surface area contributed by atoms with Crippen molar-refractivity contribution >= 4 is 93.3 Å². The fraction of sp³-hybridized carbons (Fsp3) is 0.107. The summed E-state index contributed by atoms with van der Waals surface area (Å²) in [7, 11) is 0. The molecule has 6 aromatic carbocycles. The average molecular weight is 1130 g/mol. The van der Waals surface area contributed by atoms with Gasteiger partial charge in [0.1, 0.15) is 34.2 Å². The average Bonchev–Trinajstić information content (AvgIpc) is 4.27. The molecule has 0 aliphatic carbocycles. The van der Waals surface area contributed by atoms with E-state index in [-0.39, 0.29) is 22.7 Å². The van der Waals surface area contributed by atoms with Crippen LogP contribution in [0.5, 0.6) is 11.5 Å². The molecule has 3 amide bonds. The SMILES string of the molecule is CCC(Oc1ccc(C)cc1C)C(=O)Nc1cccc(-c2nc3c(C#N)c(SOONc4ccccc4)c(Cl)n3[nH]2)c1.Cc1ccccc1NC(=O)Nc1ccc(Cl)c(-c2nc3c(C#N)c(SOOc4ccccc4)cn3[nH]2)c1. The molecular formula is C56H46Cl2N12O7S2. The highest BCUT2D eigenvalue weighted by molar-refractivity contribution is 7.95. The van der Waals surface area contributed by atoms with Gasteiger partial charge in [-0.15, -0.1) is 13.7 Å². The topological polar surface area (TPSA) is 242 Å². The van der Waals surface area contributed by atoms with Gasteiger partial charge in [0.05, 0.1) is 44.6 Å². The van der Waals surface area contributed by atoms with Gasteiger partial charge in [0.2, 0.25) is 0 Å². The Morgan fingerprint density at radius 3 is 2.18 bits per heavy atom. The molecule has 0 saturated heterocycles. The number of nitriles is 2. The number of amides is 3. The van der Waals surface area contributed by atoms with Gasteiger partial charge < -0.3 is 25.6 Å². The quantitative estimate of drug-likeness (QED) is 0.0203. The van der Waals surface area contributed by atoms with E-state index in [9.17, 15) is 20.1 Å². The fourth-order valence-electron chi connectivity index (χ4n) is 7.81. The van der Waals surface area contributed by atoms with Gasteiger partial charge in [0.25, 0.3) is 5.91 Å². The molecule has 19 nitrogen and oxygen atoms in total. The minimum atomic E-state index is -0.667. The molecule has 0 spiro atoms. The first-order chi connectivity index (χ1) is 38.4. The van der Waals surface area contributed by atoms with Crippen molar-refractivity contribution in [1.82, 2.24) is 29.2 Å². The maximum atomic E-state index is 13.1. The number of carbonyl (C=O) groups is 2. The summed E-state index contributed by atoms with van der Waals surface area (Å²) in [5.74, 6) is 1.84. The molecule has 1 unspecified atom stereocenters. The molecule has 10 aromatic rings. The second-order valence-electron chi connectivity index (χ2n) is 17.3. The zero-order valence-electron chi connectivity index (χ0n) is 42.3. The highest BCUT2D eigenvalue weighted by Gasteiger charge is 2.25. The van der Waals surface area contributed by atoms with Gasteiger partial charge in [-0.1, -0.05) is 115 Å². The number of hydrogen-bond donors (Lipinski definition) is 6. The van der Waals surface area contributed by atoms with Gasteiger partial charge in [-0.05, 0) is 105 Å². The third kappa shape index (κ3) is 13.3. The number of rotatable bonds is 18. The molecule has 4 aromatic heterocycles. The maximum Gasteiger partial charge on any atom is 0.323 e. The zero-order valence-corrected chi connectivity index (χ0v) is 45.5. The third-order valence-corrected chi connectivity index (χ3v) is 13.8. The number of hydrogen-bond acceptors (Lipinski definition) is 14. The number of fused-ring (bicyclic) bond motifs is 2. The summed E-state index contributed by atoms with van der Waals surface area (Å²) in [6.07, 6.45) is 1.50. The molecule has 0 saturated carbocycles. The number of nitrogens with zero attached hydrogens (tertiary/aromatic N) is 6. The Hall–Kier alpha value is -8.90. The number of benzene rings is 6. The second-order valence-corrected chi connectivity index (χ2v) is 19.5. The molecule has 4 heterocycles. The molecule has 10 rings (SSSR count).